The van der Waals surface area contributed by atoms with E-state index in [2.05, 4.69) is 12.2 Å². The molecule has 0 saturated heterocycles. The van der Waals surface area contributed by atoms with E-state index in [0.717, 1.165) is 47.2 Å². The Kier molecular flexibility index (Phi) is 4.85. The lowest BCUT2D eigenvalue weighted by molar-refractivity contribution is -0.118. The third-order valence-electron chi connectivity index (χ3n) is 6.34. The van der Waals surface area contributed by atoms with Crippen LogP contribution in [0.2, 0.25) is 0 Å². The largest absolute Gasteiger partial charge is 0.454 e. The van der Waals surface area contributed by atoms with Gasteiger partial charge in [0.1, 0.15) is 0 Å². The van der Waals surface area contributed by atoms with E-state index >= 15 is 0 Å². The van der Waals surface area contributed by atoms with Crippen LogP contribution in [-0.4, -0.2) is 18.6 Å². The molecule has 0 radical (unpaired) electrons. The Bertz CT molecular complexity index is 1230. The maximum absolute atomic E-state index is 13.3. The molecule has 0 aromatic heterocycles. The van der Waals surface area contributed by atoms with Crippen molar-refractivity contribution in [1.82, 2.24) is 0 Å². The van der Waals surface area contributed by atoms with Crippen molar-refractivity contribution in [3.63, 3.8) is 0 Å². The number of anilines is 1. The normalized spacial score (nSPS) is 15.3. The molecule has 32 heavy (non-hydrogen) atoms. The van der Waals surface area contributed by atoms with Crippen molar-refractivity contribution in [2.45, 2.75) is 31.6 Å². The van der Waals surface area contributed by atoms with Gasteiger partial charge in [0.15, 0.2) is 11.5 Å². The van der Waals surface area contributed by atoms with Gasteiger partial charge in [-0.2, -0.15) is 0 Å². The molecule has 2 amide bonds. The van der Waals surface area contributed by atoms with Gasteiger partial charge in [-0.3, -0.25) is 9.59 Å². The first kappa shape index (κ1) is 20.1. The van der Waals surface area contributed by atoms with Crippen LogP contribution in [0.25, 0.3) is 11.1 Å². The molecule has 2 aliphatic rings. The smallest absolute Gasteiger partial charge is 0.248 e. The summed E-state index contributed by atoms with van der Waals surface area (Å²) in [6.07, 6.45) is 2.45. The van der Waals surface area contributed by atoms with Crippen molar-refractivity contribution >= 4 is 17.5 Å². The van der Waals surface area contributed by atoms with Gasteiger partial charge >= 0.3 is 0 Å². The zero-order valence-electron chi connectivity index (χ0n) is 17.8. The lowest BCUT2D eigenvalue weighted by Gasteiger charge is -2.18. The molecular weight excluding hydrogens is 404 g/mol. The first-order valence-electron chi connectivity index (χ1n) is 10.7. The molecule has 0 spiro atoms. The van der Waals surface area contributed by atoms with Crippen molar-refractivity contribution in [2.24, 2.45) is 5.73 Å². The summed E-state index contributed by atoms with van der Waals surface area (Å²) >= 11 is 0. The molecule has 1 aliphatic carbocycles. The van der Waals surface area contributed by atoms with Crippen molar-refractivity contribution in [3.05, 3.63) is 77.4 Å². The van der Waals surface area contributed by atoms with E-state index < -0.39 is 11.3 Å². The van der Waals surface area contributed by atoms with E-state index in [9.17, 15) is 9.59 Å². The number of benzene rings is 3. The summed E-state index contributed by atoms with van der Waals surface area (Å²) in [5, 5.41) is 3.12. The van der Waals surface area contributed by atoms with E-state index in [1.54, 1.807) is 12.1 Å². The summed E-state index contributed by atoms with van der Waals surface area (Å²) in [7, 11) is 0. The van der Waals surface area contributed by atoms with E-state index in [4.69, 9.17) is 15.2 Å². The van der Waals surface area contributed by atoms with Gasteiger partial charge in [-0.25, -0.2) is 0 Å². The highest BCUT2D eigenvalue weighted by Crippen LogP contribution is 2.51. The number of hydrogen-bond acceptors (Lipinski definition) is 4. The van der Waals surface area contributed by atoms with Crippen LogP contribution in [0.5, 0.6) is 11.5 Å². The third kappa shape index (κ3) is 3.47. The molecule has 1 saturated carbocycles. The lowest BCUT2D eigenvalue weighted by Crippen LogP contribution is -2.27. The average Bonchev–Trinajstić information content (AvgIpc) is 3.50. The fraction of sp³-hybridized carbons (Fsp3) is 0.231. The summed E-state index contributed by atoms with van der Waals surface area (Å²) in [5.41, 5.74) is 10.1. The molecule has 0 atom stereocenters. The maximum atomic E-state index is 13.3. The van der Waals surface area contributed by atoms with Crippen LogP contribution in [0.4, 0.5) is 5.69 Å². The number of carbonyl (C=O) groups excluding carboxylic acids is 2. The van der Waals surface area contributed by atoms with Crippen LogP contribution in [-0.2, 0) is 16.6 Å². The second-order valence-corrected chi connectivity index (χ2v) is 8.27. The molecular formula is C26H30N2O4. The van der Waals surface area contributed by atoms with Gasteiger partial charge in [0.05, 0.1) is 5.41 Å². The Balaban J connectivity index is 0.00000144. The fourth-order valence-electron chi connectivity index (χ4n) is 4.26. The van der Waals surface area contributed by atoms with Crippen LogP contribution >= 0.6 is 0 Å². The monoisotopic (exact) mass is 434 g/mol. The minimum atomic E-state index is -0.534. The van der Waals surface area contributed by atoms with Gasteiger partial charge in [-0.1, -0.05) is 31.2 Å². The maximum Gasteiger partial charge on any atom is 0.248 e. The number of rotatable bonds is 6. The Morgan fingerprint density at radius 2 is 1.75 bits per heavy atom. The second-order valence-electron chi connectivity index (χ2n) is 8.27. The topological polar surface area (TPSA) is 90.7 Å². The van der Waals surface area contributed by atoms with Gasteiger partial charge in [0.2, 0.25) is 18.6 Å². The third-order valence-corrected chi connectivity index (χ3v) is 6.34. The molecule has 1 aliphatic heterocycles. The number of nitrogens with two attached hydrogens (primary N) is 1. The van der Waals surface area contributed by atoms with E-state index in [1.807, 2.05) is 48.5 Å². The molecule has 6 heteroatoms. The molecule has 1 fully saturated rings. The average molecular weight is 435 g/mol. The standard InChI is InChI=1S/C26H24N2O4.3H2/c1-2-16-7-9-20(14-21(16)17-3-5-18(6-4-17)24(27)29)28-25(30)26(11-12-26)19-8-10-22-23(13-19)32-15-31-22;;;/h3-10,13-14H,2,11-12,15H2,1H3,(H2,27,29)(H,28,30);3*1H. The highest BCUT2D eigenvalue weighted by molar-refractivity contribution is 6.02. The van der Waals surface area contributed by atoms with Crippen molar-refractivity contribution in [2.75, 3.05) is 12.1 Å². The summed E-state index contributed by atoms with van der Waals surface area (Å²) in [6.45, 7) is 2.30. The molecule has 6 nitrogen and oxygen atoms in total. The summed E-state index contributed by atoms with van der Waals surface area (Å²) in [4.78, 5) is 24.7. The number of carbonyl (C=O) groups is 2. The minimum Gasteiger partial charge on any atom is -0.454 e. The van der Waals surface area contributed by atoms with Gasteiger partial charge < -0.3 is 20.5 Å². The number of hydrogen-bond donors (Lipinski definition) is 2. The van der Waals surface area contributed by atoms with Gasteiger partial charge in [0.25, 0.3) is 0 Å². The van der Waals surface area contributed by atoms with Crippen molar-refractivity contribution in [1.29, 1.82) is 0 Å². The molecule has 0 bridgehead atoms. The second kappa shape index (κ2) is 7.71. The number of ether oxygens (including phenoxy) is 2. The van der Waals surface area contributed by atoms with E-state index in [0.29, 0.717) is 17.1 Å². The zero-order chi connectivity index (χ0) is 22.3. The molecule has 0 unspecified atom stereocenters. The highest BCUT2D eigenvalue weighted by atomic mass is 16.7. The number of aryl methyl sites for hydroxylation is 1. The first-order chi connectivity index (χ1) is 15.5. The van der Waals surface area contributed by atoms with Crippen LogP contribution in [0, 0.1) is 0 Å². The molecule has 1 heterocycles. The number of fused-ring (bicyclic) bond motifs is 1. The zero-order valence-corrected chi connectivity index (χ0v) is 17.8. The van der Waals surface area contributed by atoms with Crippen molar-refractivity contribution in [3.8, 4) is 22.6 Å². The van der Waals surface area contributed by atoms with Crippen LogP contribution < -0.4 is 20.5 Å². The SMILES string of the molecule is CCc1ccc(NC(=O)C2(c3ccc4c(c3)OCO4)CC2)cc1-c1ccc(C(N)=O)cc1.[HH].[HH].[HH]. The van der Waals surface area contributed by atoms with E-state index in [-0.39, 0.29) is 17.0 Å². The number of amides is 2. The summed E-state index contributed by atoms with van der Waals surface area (Å²) in [6, 6.07) is 18.9. The Labute approximate surface area is 190 Å². The molecule has 5 rings (SSSR count). The highest BCUT2D eigenvalue weighted by Gasteiger charge is 2.51. The molecule has 168 valence electrons. The van der Waals surface area contributed by atoms with Crippen molar-refractivity contribution < 1.29 is 23.3 Å². The first-order valence-corrected chi connectivity index (χ1v) is 10.7. The Morgan fingerprint density at radius 3 is 2.44 bits per heavy atom. The molecule has 3 aromatic carbocycles. The number of primary amides is 1. The number of nitrogens with one attached hydrogen (secondary N) is 1. The van der Waals surface area contributed by atoms with E-state index in [1.165, 1.54) is 0 Å². The van der Waals surface area contributed by atoms with Gasteiger partial charge in [0, 0.05) is 15.5 Å². The fourth-order valence-corrected chi connectivity index (χ4v) is 4.26. The molecule has 3 N–H and O–H groups in total. The van der Waals surface area contributed by atoms with Gasteiger partial charge in [-0.05, 0) is 77.9 Å². The Morgan fingerprint density at radius 1 is 1.00 bits per heavy atom. The van der Waals surface area contributed by atoms with Crippen LogP contribution in [0.3, 0.4) is 0 Å². The predicted octanol–water partition coefficient (Wildman–Crippen LogP) is 5.15. The van der Waals surface area contributed by atoms with Crippen LogP contribution in [0.1, 0.15) is 45.5 Å². The summed E-state index contributed by atoms with van der Waals surface area (Å²) in [5.74, 6) is 0.935. The molecule has 3 aromatic rings. The van der Waals surface area contributed by atoms with Crippen LogP contribution in [0.15, 0.2) is 60.7 Å². The Hall–Kier alpha value is -3.80. The lowest BCUT2D eigenvalue weighted by atomic mass is 9.93. The van der Waals surface area contributed by atoms with Gasteiger partial charge in [-0.15, -0.1) is 0 Å². The quantitative estimate of drug-likeness (QED) is 0.561. The summed E-state index contributed by atoms with van der Waals surface area (Å²) < 4.78 is 10.9. The minimum absolute atomic E-state index is 0. The predicted molar refractivity (Wildman–Crippen MR) is 128 cm³/mol.